The molecule has 0 unspecified atom stereocenters. The third-order valence-corrected chi connectivity index (χ3v) is 4.68. The fourth-order valence-electron chi connectivity index (χ4n) is 2.24. The maximum absolute atomic E-state index is 13.8. The van der Waals surface area contributed by atoms with Gasteiger partial charge in [0.25, 0.3) is 5.91 Å². The number of halogens is 2. The number of carbonyl (C=O) groups is 2. The predicted molar refractivity (Wildman–Crippen MR) is 95.8 cm³/mol. The van der Waals surface area contributed by atoms with Crippen LogP contribution in [0.1, 0.15) is 22.8 Å². The van der Waals surface area contributed by atoms with Gasteiger partial charge in [-0.25, -0.2) is 27.1 Å². The minimum Gasteiger partial charge on any atom is -0.449 e. The van der Waals surface area contributed by atoms with E-state index in [1.807, 2.05) is 0 Å². The van der Waals surface area contributed by atoms with Gasteiger partial charge in [0.15, 0.2) is 6.10 Å². The Bertz CT molecular complexity index is 978. The summed E-state index contributed by atoms with van der Waals surface area (Å²) in [6.45, 7) is 1.49. The van der Waals surface area contributed by atoms with Crippen molar-refractivity contribution in [2.24, 2.45) is 5.14 Å². The molecule has 3 N–H and O–H groups in total. The summed E-state index contributed by atoms with van der Waals surface area (Å²) < 4.78 is 54.2. The Hall–Kier alpha value is -2.85. The Morgan fingerprint density at radius 3 is 2.39 bits per heavy atom. The van der Waals surface area contributed by atoms with Crippen LogP contribution in [0.15, 0.2) is 47.4 Å². The number of esters is 1. The first-order valence-electron chi connectivity index (χ1n) is 8.13. The first-order chi connectivity index (χ1) is 13.1. The van der Waals surface area contributed by atoms with Gasteiger partial charge >= 0.3 is 5.97 Å². The molecule has 150 valence electrons. The molecule has 0 aliphatic heterocycles. The molecule has 28 heavy (non-hydrogen) atoms. The zero-order valence-electron chi connectivity index (χ0n) is 14.8. The van der Waals surface area contributed by atoms with E-state index in [-0.39, 0.29) is 12.4 Å². The summed E-state index contributed by atoms with van der Waals surface area (Å²) in [6, 6.07) is 8.17. The normalized spacial score (nSPS) is 12.3. The molecule has 10 heteroatoms. The van der Waals surface area contributed by atoms with Gasteiger partial charge in [0, 0.05) is 6.54 Å². The molecule has 0 aromatic heterocycles. The molecule has 0 fully saturated rings. The van der Waals surface area contributed by atoms with Gasteiger partial charge in [-0.1, -0.05) is 12.1 Å². The maximum atomic E-state index is 13.8. The average molecular weight is 412 g/mol. The van der Waals surface area contributed by atoms with E-state index in [1.54, 1.807) is 12.1 Å². The summed E-state index contributed by atoms with van der Waals surface area (Å²) in [6.07, 6.45) is -0.823. The van der Waals surface area contributed by atoms with Gasteiger partial charge in [-0.2, -0.15) is 0 Å². The number of nitrogens with two attached hydrogens (primary N) is 1. The molecule has 1 atom stereocenters. The van der Waals surface area contributed by atoms with E-state index >= 15 is 0 Å². The van der Waals surface area contributed by atoms with E-state index in [0.717, 1.165) is 23.8 Å². The number of benzene rings is 2. The molecule has 0 heterocycles. The predicted octanol–water partition coefficient (Wildman–Crippen LogP) is 1.52. The van der Waals surface area contributed by atoms with E-state index in [9.17, 15) is 26.8 Å². The minimum atomic E-state index is -4.14. The van der Waals surface area contributed by atoms with Crippen molar-refractivity contribution in [1.82, 2.24) is 5.32 Å². The lowest BCUT2D eigenvalue weighted by atomic mass is 10.1. The molecule has 0 bridgehead atoms. The quantitative estimate of drug-likeness (QED) is 0.669. The minimum absolute atomic E-state index is 0.210. The summed E-state index contributed by atoms with van der Waals surface area (Å²) in [5, 5.41) is 7.48. The molecular weight excluding hydrogens is 394 g/mol. The number of carbonyl (C=O) groups excluding carboxylic acids is 2. The lowest BCUT2D eigenvalue weighted by molar-refractivity contribution is -0.129. The van der Waals surface area contributed by atoms with Gasteiger partial charge in [0.2, 0.25) is 10.0 Å². The number of amides is 1. The number of rotatable bonds is 7. The van der Waals surface area contributed by atoms with Gasteiger partial charge in [-0.3, -0.25) is 4.79 Å². The maximum Gasteiger partial charge on any atom is 0.341 e. The molecule has 2 rings (SSSR count). The molecule has 0 spiro atoms. The Labute approximate surface area is 160 Å². The molecule has 0 aliphatic carbocycles. The van der Waals surface area contributed by atoms with E-state index in [4.69, 9.17) is 9.88 Å². The third kappa shape index (κ3) is 5.83. The molecule has 2 aromatic rings. The second-order valence-corrected chi connectivity index (χ2v) is 7.46. The average Bonchev–Trinajstić information content (AvgIpc) is 2.62. The van der Waals surface area contributed by atoms with Crippen LogP contribution in [-0.2, 0) is 26.0 Å². The smallest absolute Gasteiger partial charge is 0.341 e. The standard InChI is InChI=1S/C18H18F2N2O5S/c1-11(17(23)22-9-8-12-2-4-13(19)5-3-12)27-18(24)15-10-14(28(21,25)26)6-7-16(15)20/h2-7,10-11H,8-9H2,1H3,(H,22,23)(H2,21,25,26)/t11-/m1/s1. The van der Waals surface area contributed by atoms with Gasteiger partial charge in [0.05, 0.1) is 10.5 Å². The van der Waals surface area contributed by atoms with E-state index < -0.39 is 44.3 Å². The van der Waals surface area contributed by atoms with Gasteiger partial charge in [-0.05, 0) is 49.2 Å². The number of hydrogen-bond acceptors (Lipinski definition) is 5. The van der Waals surface area contributed by atoms with Crippen LogP contribution in [0.25, 0.3) is 0 Å². The summed E-state index contributed by atoms with van der Waals surface area (Å²) in [5.74, 6) is -3.21. The van der Waals surface area contributed by atoms with Crippen LogP contribution < -0.4 is 10.5 Å². The number of hydrogen-bond donors (Lipinski definition) is 2. The molecule has 0 radical (unpaired) electrons. The largest absolute Gasteiger partial charge is 0.449 e. The zero-order valence-corrected chi connectivity index (χ0v) is 15.6. The first-order valence-corrected chi connectivity index (χ1v) is 9.68. The van der Waals surface area contributed by atoms with E-state index in [0.29, 0.717) is 6.42 Å². The van der Waals surface area contributed by atoms with Crippen LogP contribution in [0, 0.1) is 11.6 Å². The lowest BCUT2D eigenvalue weighted by Crippen LogP contribution is -2.37. The summed E-state index contributed by atoms with van der Waals surface area (Å²) >= 11 is 0. The zero-order chi connectivity index (χ0) is 20.9. The van der Waals surface area contributed by atoms with E-state index in [1.165, 1.54) is 19.1 Å². The van der Waals surface area contributed by atoms with Crippen LogP contribution in [0.3, 0.4) is 0 Å². The first kappa shape index (κ1) is 21.5. The van der Waals surface area contributed by atoms with Crippen LogP contribution in [0.4, 0.5) is 8.78 Å². The topological polar surface area (TPSA) is 116 Å². The summed E-state index contributed by atoms with van der Waals surface area (Å²) in [7, 11) is -4.14. The van der Waals surface area contributed by atoms with Crippen molar-refractivity contribution in [2.45, 2.75) is 24.3 Å². The Morgan fingerprint density at radius 1 is 1.14 bits per heavy atom. The van der Waals surface area contributed by atoms with Crippen LogP contribution in [0.5, 0.6) is 0 Å². The lowest BCUT2D eigenvalue weighted by Gasteiger charge is -2.14. The fraction of sp³-hybridized carbons (Fsp3) is 0.222. The second kappa shape index (κ2) is 8.89. The Morgan fingerprint density at radius 2 is 1.79 bits per heavy atom. The summed E-state index contributed by atoms with van der Waals surface area (Å²) in [4.78, 5) is 23.6. The van der Waals surface area contributed by atoms with Gasteiger partial charge in [-0.15, -0.1) is 0 Å². The van der Waals surface area contributed by atoms with Crippen LogP contribution in [-0.4, -0.2) is 32.9 Å². The third-order valence-electron chi connectivity index (χ3n) is 3.77. The Balaban J connectivity index is 1.94. The van der Waals surface area contributed by atoms with Gasteiger partial charge in [0.1, 0.15) is 11.6 Å². The van der Waals surface area contributed by atoms with Crippen molar-refractivity contribution in [3.05, 3.63) is 65.2 Å². The van der Waals surface area contributed by atoms with E-state index in [2.05, 4.69) is 5.32 Å². The van der Waals surface area contributed by atoms with Crippen molar-refractivity contribution in [2.75, 3.05) is 6.54 Å². The van der Waals surface area contributed by atoms with Gasteiger partial charge < -0.3 is 10.1 Å². The van der Waals surface area contributed by atoms with Crippen molar-refractivity contribution in [3.63, 3.8) is 0 Å². The fourth-order valence-corrected chi connectivity index (χ4v) is 2.78. The highest BCUT2D eigenvalue weighted by Gasteiger charge is 2.22. The molecule has 1 amide bonds. The summed E-state index contributed by atoms with van der Waals surface area (Å²) in [5.41, 5.74) is 0.144. The molecule has 0 saturated heterocycles. The number of ether oxygens (including phenoxy) is 1. The van der Waals surface area contributed by atoms with Crippen molar-refractivity contribution in [3.8, 4) is 0 Å². The Kier molecular flexibility index (Phi) is 6.81. The van der Waals surface area contributed by atoms with Crippen LogP contribution >= 0.6 is 0 Å². The second-order valence-electron chi connectivity index (χ2n) is 5.90. The number of sulfonamides is 1. The SMILES string of the molecule is C[C@@H](OC(=O)c1cc(S(N)(=O)=O)ccc1F)C(=O)NCCc1ccc(F)cc1. The molecule has 0 aliphatic rings. The number of primary sulfonamides is 1. The monoisotopic (exact) mass is 412 g/mol. The molecule has 0 saturated carbocycles. The molecule has 7 nitrogen and oxygen atoms in total. The molecular formula is C18H18F2N2O5S. The highest BCUT2D eigenvalue weighted by atomic mass is 32.2. The highest BCUT2D eigenvalue weighted by molar-refractivity contribution is 7.89. The van der Waals surface area contributed by atoms with Crippen LogP contribution in [0.2, 0.25) is 0 Å². The number of nitrogens with one attached hydrogen (secondary N) is 1. The highest BCUT2D eigenvalue weighted by Crippen LogP contribution is 2.16. The molecule has 2 aromatic carbocycles. The van der Waals surface area contributed by atoms with Crippen molar-refractivity contribution in [1.29, 1.82) is 0 Å². The van der Waals surface area contributed by atoms with Crippen molar-refractivity contribution >= 4 is 21.9 Å². The van der Waals surface area contributed by atoms with Crippen molar-refractivity contribution < 1.29 is 31.5 Å².